The topological polar surface area (TPSA) is 47.4 Å². The quantitative estimate of drug-likeness (QED) is 0.224. The third-order valence-corrected chi connectivity index (χ3v) is 7.28. The first kappa shape index (κ1) is 26.9. The Morgan fingerprint density at radius 1 is 0.447 bits per heavy atom. The van der Waals surface area contributed by atoms with Crippen molar-refractivity contribution in [1.29, 1.82) is 5.41 Å². The molecule has 194 valence electrons. The molecular formula is C34H37N3O. The Labute approximate surface area is 227 Å². The Morgan fingerprint density at radius 2 is 0.658 bits per heavy atom. The molecule has 0 spiro atoms. The van der Waals surface area contributed by atoms with Crippen LogP contribution in [0.4, 0.5) is 22.7 Å². The summed E-state index contributed by atoms with van der Waals surface area (Å²) >= 11 is 0. The fourth-order valence-corrected chi connectivity index (χ4v) is 5.49. The molecule has 1 N–H and O–H groups in total. The summed E-state index contributed by atoms with van der Waals surface area (Å²) < 4.78 is 0. The summed E-state index contributed by atoms with van der Waals surface area (Å²) in [5, 5.41) is 9.56. The van der Waals surface area contributed by atoms with Crippen LogP contribution in [0.1, 0.15) is 44.5 Å². The van der Waals surface area contributed by atoms with Crippen LogP contribution in [0.3, 0.4) is 0 Å². The van der Waals surface area contributed by atoms with Gasteiger partial charge in [0.2, 0.25) is 0 Å². The van der Waals surface area contributed by atoms with Crippen LogP contribution in [0.15, 0.2) is 72.8 Å². The number of anilines is 4. The molecule has 0 saturated heterocycles. The van der Waals surface area contributed by atoms with E-state index in [1.807, 2.05) is 133 Å². The summed E-state index contributed by atoms with van der Waals surface area (Å²) in [6, 6.07) is 24.3. The molecule has 4 aromatic rings. The molecule has 0 atom stereocenters. The first-order valence-corrected chi connectivity index (χ1v) is 13.0. The van der Waals surface area contributed by atoms with Gasteiger partial charge >= 0.3 is 0 Å². The Balaban J connectivity index is 2.02. The van der Waals surface area contributed by atoms with Crippen molar-refractivity contribution in [2.24, 2.45) is 0 Å². The lowest BCUT2D eigenvalue weighted by Crippen LogP contribution is -2.43. The molecule has 38 heavy (non-hydrogen) atoms. The van der Waals surface area contributed by atoms with E-state index in [1.165, 1.54) is 0 Å². The van der Waals surface area contributed by atoms with Gasteiger partial charge in [-0.05, 0) is 99.9 Å². The molecule has 4 rings (SSSR count). The third kappa shape index (κ3) is 4.74. The van der Waals surface area contributed by atoms with Gasteiger partial charge in [0, 0.05) is 0 Å². The standard InChI is InChI=1S/C34H37N3O/c1-21-13-9-14-22(2)29(21)36(30-23(3)15-10-16-24(30)4)33(35)34(38)37(31-25(5)17-11-18-26(31)6)32-27(7)19-12-20-28(32)8/h9-20,35H,1-8H3. The van der Waals surface area contributed by atoms with Crippen LogP contribution in [0, 0.1) is 60.8 Å². The highest BCUT2D eigenvalue weighted by Crippen LogP contribution is 2.40. The van der Waals surface area contributed by atoms with Crippen LogP contribution in [-0.2, 0) is 4.79 Å². The zero-order valence-electron chi connectivity index (χ0n) is 23.7. The highest BCUT2D eigenvalue weighted by molar-refractivity contribution is 6.49. The van der Waals surface area contributed by atoms with Gasteiger partial charge in [0.25, 0.3) is 5.91 Å². The number of benzene rings is 4. The average Bonchev–Trinajstić information content (AvgIpc) is 2.85. The Kier molecular flexibility index (Phi) is 7.54. The summed E-state index contributed by atoms with van der Waals surface area (Å²) in [6.45, 7) is 16.2. The van der Waals surface area contributed by atoms with E-state index in [0.29, 0.717) is 0 Å². The molecule has 4 aromatic carbocycles. The SMILES string of the molecule is Cc1cccc(C)c1N(C(=N)C(=O)N(c1c(C)cccc1C)c1c(C)cccc1C)c1c(C)cccc1C. The van der Waals surface area contributed by atoms with Crippen LogP contribution in [0.25, 0.3) is 0 Å². The Hall–Kier alpha value is -4.18. The molecule has 0 fully saturated rings. The van der Waals surface area contributed by atoms with Gasteiger partial charge < -0.3 is 0 Å². The van der Waals surface area contributed by atoms with Crippen molar-refractivity contribution < 1.29 is 4.79 Å². The molecule has 0 heterocycles. The average molecular weight is 504 g/mol. The van der Waals surface area contributed by atoms with Crippen molar-refractivity contribution in [2.45, 2.75) is 55.4 Å². The van der Waals surface area contributed by atoms with Gasteiger partial charge in [-0.1, -0.05) is 72.8 Å². The molecule has 0 radical (unpaired) electrons. The number of carbonyl (C=O) groups excluding carboxylic acids is 1. The van der Waals surface area contributed by atoms with Crippen molar-refractivity contribution in [3.63, 3.8) is 0 Å². The molecule has 0 saturated carbocycles. The van der Waals surface area contributed by atoms with E-state index in [9.17, 15) is 10.2 Å². The van der Waals surface area contributed by atoms with Crippen molar-refractivity contribution in [1.82, 2.24) is 0 Å². The molecular weight excluding hydrogens is 466 g/mol. The van der Waals surface area contributed by atoms with E-state index in [2.05, 4.69) is 0 Å². The molecule has 4 heteroatoms. The number of carbonyl (C=O) groups is 1. The van der Waals surface area contributed by atoms with E-state index < -0.39 is 0 Å². The second kappa shape index (κ2) is 10.7. The predicted molar refractivity (Wildman–Crippen MR) is 161 cm³/mol. The molecule has 0 bridgehead atoms. The number of hydrogen-bond acceptors (Lipinski definition) is 2. The van der Waals surface area contributed by atoms with E-state index in [-0.39, 0.29) is 11.7 Å². The molecule has 1 amide bonds. The van der Waals surface area contributed by atoms with Crippen LogP contribution >= 0.6 is 0 Å². The highest BCUT2D eigenvalue weighted by atomic mass is 16.2. The Morgan fingerprint density at radius 3 is 0.895 bits per heavy atom. The molecule has 0 unspecified atom stereocenters. The minimum atomic E-state index is -0.370. The molecule has 0 aliphatic carbocycles. The zero-order chi connectivity index (χ0) is 27.7. The summed E-state index contributed by atoms with van der Waals surface area (Å²) in [4.78, 5) is 18.4. The van der Waals surface area contributed by atoms with Crippen LogP contribution in [0.2, 0.25) is 0 Å². The molecule has 0 aliphatic heterocycles. The molecule has 0 aliphatic rings. The number of nitrogens with zero attached hydrogens (tertiary/aromatic N) is 2. The second-order valence-corrected chi connectivity index (χ2v) is 10.3. The normalized spacial score (nSPS) is 10.8. The lowest BCUT2D eigenvalue weighted by Gasteiger charge is -2.35. The Bertz CT molecular complexity index is 1250. The monoisotopic (exact) mass is 503 g/mol. The van der Waals surface area contributed by atoms with Gasteiger partial charge in [-0.3, -0.25) is 20.0 Å². The summed E-state index contributed by atoms with van der Waals surface area (Å²) in [7, 11) is 0. The van der Waals surface area contributed by atoms with E-state index in [1.54, 1.807) is 4.90 Å². The van der Waals surface area contributed by atoms with E-state index in [4.69, 9.17) is 0 Å². The summed E-state index contributed by atoms with van der Waals surface area (Å²) in [5.41, 5.74) is 11.4. The minimum absolute atomic E-state index is 0.0925. The van der Waals surface area contributed by atoms with Crippen LogP contribution < -0.4 is 9.80 Å². The van der Waals surface area contributed by atoms with E-state index in [0.717, 1.165) is 67.3 Å². The maximum atomic E-state index is 14.7. The lowest BCUT2D eigenvalue weighted by molar-refractivity contribution is -0.112. The maximum Gasteiger partial charge on any atom is 0.298 e. The van der Waals surface area contributed by atoms with Crippen molar-refractivity contribution in [2.75, 3.05) is 9.80 Å². The van der Waals surface area contributed by atoms with Gasteiger partial charge in [0.1, 0.15) is 0 Å². The number of nitrogens with one attached hydrogen (secondary N) is 1. The predicted octanol–water partition coefficient (Wildman–Crippen LogP) is 8.63. The number of amides is 1. The zero-order valence-corrected chi connectivity index (χ0v) is 23.7. The van der Waals surface area contributed by atoms with Gasteiger partial charge in [-0.25, -0.2) is 0 Å². The molecule has 4 nitrogen and oxygen atoms in total. The minimum Gasteiger partial charge on any atom is -0.290 e. The van der Waals surface area contributed by atoms with Crippen LogP contribution in [-0.4, -0.2) is 11.7 Å². The van der Waals surface area contributed by atoms with Crippen molar-refractivity contribution in [3.05, 3.63) is 117 Å². The highest BCUT2D eigenvalue weighted by Gasteiger charge is 2.33. The number of amidine groups is 1. The third-order valence-electron chi connectivity index (χ3n) is 7.28. The fraction of sp³-hybridized carbons (Fsp3) is 0.235. The van der Waals surface area contributed by atoms with Gasteiger partial charge in [0.05, 0.1) is 22.7 Å². The smallest absolute Gasteiger partial charge is 0.290 e. The fourth-order valence-electron chi connectivity index (χ4n) is 5.49. The lowest BCUT2D eigenvalue weighted by atomic mass is 10.0. The van der Waals surface area contributed by atoms with Gasteiger partial charge in [0.15, 0.2) is 5.84 Å². The largest absolute Gasteiger partial charge is 0.298 e. The van der Waals surface area contributed by atoms with E-state index >= 15 is 0 Å². The number of para-hydroxylation sites is 4. The van der Waals surface area contributed by atoms with Gasteiger partial charge in [-0.15, -0.1) is 0 Å². The first-order valence-electron chi connectivity index (χ1n) is 13.0. The number of hydrogen-bond donors (Lipinski definition) is 1. The molecule has 0 aromatic heterocycles. The number of rotatable bonds is 4. The maximum absolute atomic E-state index is 14.7. The summed E-state index contributed by atoms with van der Waals surface area (Å²) in [6.07, 6.45) is 0. The van der Waals surface area contributed by atoms with Crippen molar-refractivity contribution >= 4 is 34.5 Å². The summed E-state index contributed by atoms with van der Waals surface area (Å²) in [5.74, 6) is -0.463. The van der Waals surface area contributed by atoms with Gasteiger partial charge in [-0.2, -0.15) is 0 Å². The number of aryl methyl sites for hydroxylation is 8. The van der Waals surface area contributed by atoms with Crippen molar-refractivity contribution in [3.8, 4) is 0 Å². The first-order chi connectivity index (χ1) is 18.0. The van der Waals surface area contributed by atoms with Crippen LogP contribution in [0.5, 0.6) is 0 Å². The second-order valence-electron chi connectivity index (χ2n) is 10.3.